The molecule has 3 N–H and O–H groups in total. The van der Waals surface area contributed by atoms with Crippen LogP contribution in [0.2, 0.25) is 0 Å². The first-order chi connectivity index (χ1) is 8.31. The van der Waals surface area contributed by atoms with Crippen molar-refractivity contribution >= 4 is 23.0 Å². The fourth-order valence-electron chi connectivity index (χ4n) is 1.61. The SMILES string of the molecule is Nc1cc(NCc2nccs2)nc(C2CC2)n1. The summed E-state index contributed by atoms with van der Waals surface area (Å²) in [6.45, 7) is 0.679. The number of anilines is 2. The lowest BCUT2D eigenvalue weighted by Crippen LogP contribution is -2.05. The van der Waals surface area contributed by atoms with Gasteiger partial charge in [0, 0.05) is 23.6 Å². The Labute approximate surface area is 103 Å². The number of hydrogen-bond acceptors (Lipinski definition) is 6. The third-order valence-corrected chi connectivity index (χ3v) is 3.39. The minimum atomic E-state index is 0.513. The van der Waals surface area contributed by atoms with E-state index in [0.717, 1.165) is 16.6 Å². The molecule has 2 aromatic rings. The number of thiazole rings is 1. The number of nitrogen functional groups attached to an aromatic ring is 1. The highest BCUT2D eigenvalue weighted by Gasteiger charge is 2.27. The van der Waals surface area contributed by atoms with E-state index in [1.807, 2.05) is 5.38 Å². The van der Waals surface area contributed by atoms with E-state index in [9.17, 15) is 0 Å². The zero-order valence-corrected chi connectivity index (χ0v) is 10.1. The van der Waals surface area contributed by atoms with E-state index >= 15 is 0 Å². The van der Waals surface area contributed by atoms with Crippen LogP contribution in [0.3, 0.4) is 0 Å². The van der Waals surface area contributed by atoms with E-state index in [0.29, 0.717) is 18.3 Å². The van der Waals surface area contributed by atoms with Crippen molar-refractivity contribution in [1.82, 2.24) is 15.0 Å². The van der Waals surface area contributed by atoms with Crippen LogP contribution in [0.4, 0.5) is 11.6 Å². The Morgan fingerprint density at radius 3 is 3.00 bits per heavy atom. The fourth-order valence-corrected chi connectivity index (χ4v) is 2.16. The van der Waals surface area contributed by atoms with Crippen LogP contribution >= 0.6 is 11.3 Å². The summed E-state index contributed by atoms with van der Waals surface area (Å²) in [5.41, 5.74) is 5.77. The zero-order valence-electron chi connectivity index (χ0n) is 9.26. The topological polar surface area (TPSA) is 76.7 Å². The van der Waals surface area contributed by atoms with Gasteiger partial charge >= 0.3 is 0 Å². The molecular weight excluding hydrogens is 234 g/mol. The van der Waals surface area contributed by atoms with Crippen LogP contribution in [-0.2, 0) is 6.54 Å². The van der Waals surface area contributed by atoms with Crippen molar-refractivity contribution in [3.63, 3.8) is 0 Å². The van der Waals surface area contributed by atoms with Crippen LogP contribution in [0.15, 0.2) is 17.6 Å². The van der Waals surface area contributed by atoms with Crippen LogP contribution in [-0.4, -0.2) is 15.0 Å². The second kappa shape index (κ2) is 4.29. The van der Waals surface area contributed by atoms with Crippen LogP contribution in [0, 0.1) is 0 Å². The first-order valence-corrected chi connectivity index (χ1v) is 6.46. The van der Waals surface area contributed by atoms with Gasteiger partial charge in [0.1, 0.15) is 22.5 Å². The molecule has 0 atom stereocenters. The lowest BCUT2D eigenvalue weighted by atomic mass is 10.4. The molecule has 0 bridgehead atoms. The number of rotatable bonds is 4. The van der Waals surface area contributed by atoms with Crippen LogP contribution in [0.25, 0.3) is 0 Å². The Kier molecular flexibility index (Phi) is 2.64. The highest BCUT2D eigenvalue weighted by Crippen LogP contribution is 2.38. The van der Waals surface area contributed by atoms with Gasteiger partial charge in [-0.2, -0.15) is 0 Å². The summed E-state index contributed by atoms with van der Waals surface area (Å²) in [5.74, 6) is 2.70. The van der Waals surface area contributed by atoms with Crippen LogP contribution < -0.4 is 11.1 Å². The molecule has 0 saturated heterocycles. The normalized spacial score (nSPS) is 14.8. The zero-order chi connectivity index (χ0) is 11.7. The van der Waals surface area contributed by atoms with E-state index < -0.39 is 0 Å². The van der Waals surface area contributed by atoms with E-state index in [1.54, 1.807) is 23.6 Å². The summed E-state index contributed by atoms with van der Waals surface area (Å²) in [4.78, 5) is 12.9. The molecule has 1 fully saturated rings. The van der Waals surface area contributed by atoms with Crippen molar-refractivity contribution in [2.24, 2.45) is 0 Å². The molecule has 5 nitrogen and oxygen atoms in total. The van der Waals surface area contributed by atoms with Gasteiger partial charge < -0.3 is 11.1 Å². The predicted octanol–water partition coefficient (Wildman–Crippen LogP) is 2.00. The first kappa shape index (κ1) is 10.5. The third kappa shape index (κ3) is 2.52. The molecule has 0 radical (unpaired) electrons. The molecule has 0 aromatic carbocycles. The number of hydrogen-bond donors (Lipinski definition) is 2. The highest BCUT2D eigenvalue weighted by molar-refractivity contribution is 7.09. The minimum absolute atomic E-state index is 0.513. The van der Waals surface area contributed by atoms with Gasteiger partial charge in [-0.05, 0) is 12.8 Å². The average Bonchev–Trinajstić information content (AvgIpc) is 3.04. The second-order valence-corrected chi connectivity index (χ2v) is 5.07. The van der Waals surface area contributed by atoms with Crippen molar-refractivity contribution in [2.45, 2.75) is 25.3 Å². The quantitative estimate of drug-likeness (QED) is 0.864. The summed E-state index contributed by atoms with van der Waals surface area (Å²) >= 11 is 1.62. The van der Waals surface area contributed by atoms with Crippen LogP contribution in [0.5, 0.6) is 0 Å². The molecule has 0 aliphatic heterocycles. The van der Waals surface area contributed by atoms with Crippen molar-refractivity contribution in [2.75, 3.05) is 11.1 Å². The molecule has 6 heteroatoms. The van der Waals surface area contributed by atoms with E-state index in [2.05, 4.69) is 20.3 Å². The molecule has 2 heterocycles. The molecule has 0 amide bonds. The summed E-state index contributed by atoms with van der Waals surface area (Å²) < 4.78 is 0. The number of aromatic nitrogens is 3. The summed E-state index contributed by atoms with van der Waals surface area (Å²) in [6, 6.07) is 1.76. The van der Waals surface area contributed by atoms with Crippen molar-refractivity contribution in [1.29, 1.82) is 0 Å². The molecule has 2 aromatic heterocycles. The predicted molar refractivity (Wildman–Crippen MR) is 67.9 cm³/mol. The third-order valence-electron chi connectivity index (χ3n) is 2.61. The number of nitrogens with two attached hydrogens (primary N) is 1. The maximum absolute atomic E-state index is 5.77. The van der Waals surface area contributed by atoms with Gasteiger partial charge in [0.25, 0.3) is 0 Å². The lowest BCUT2D eigenvalue weighted by Gasteiger charge is -2.06. The van der Waals surface area contributed by atoms with Crippen molar-refractivity contribution in [3.05, 3.63) is 28.5 Å². The molecule has 1 aliphatic rings. The van der Waals surface area contributed by atoms with Crippen LogP contribution in [0.1, 0.15) is 29.6 Å². The Balaban J connectivity index is 1.73. The molecular formula is C11H13N5S. The summed E-state index contributed by atoms with van der Waals surface area (Å²) in [7, 11) is 0. The highest BCUT2D eigenvalue weighted by atomic mass is 32.1. The fraction of sp³-hybridized carbons (Fsp3) is 0.364. The minimum Gasteiger partial charge on any atom is -0.384 e. The summed E-state index contributed by atoms with van der Waals surface area (Å²) in [5, 5.41) is 6.22. The smallest absolute Gasteiger partial charge is 0.136 e. The standard InChI is InChI=1S/C11H13N5S/c12-8-5-9(14-6-10-13-3-4-17-10)16-11(15-8)7-1-2-7/h3-5,7H,1-2,6H2,(H3,12,14,15,16). The van der Waals surface area contributed by atoms with Gasteiger partial charge in [0.05, 0.1) is 6.54 Å². The van der Waals surface area contributed by atoms with E-state index in [1.165, 1.54) is 12.8 Å². The van der Waals surface area contributed by atoms with Gasteiger partial charge in [-0.3, -0.25) is 0 Å². The van der Waals surface area contributed by atoms with Gasteiger partial charge in [0.2, 0.25) is 0 Å². The van der Waals surface area contributed by atoms with Crippen molar-refractivity contribution in [3.8, 4) is 0 Å². The maximum Gasteiger partial charge on any atom is 0.136 e. The maximum atomic E-state index is 5.77. The first-order valence-electron chi connectivity index (χ1n) is 5.58. The van der Waals surface area contributed by atoms with Crippen molar-refractivity contribution < 1.29 is 0 Å². The molecule has 3 rings (SSSR count). The molecule has 0 spiro atoms. The Morgan fingerprint density at radius 2 is 2.29 bits per heavy atom. The van der Waals surface area contributed by atoms with E-state index in [-0.39, 0.29) is 0 Å². The Hall–Kier alpha value is -1.69. The lowest BCUT2D eigenvalue weighted by molar-refractivity contribution is 0.925. The molecule has 17 heavy (non-hydrogen) atoms. The molecule has 1 saturated carbocycles. The number of nitrogens with zero attached hydrogens (tertiary/aromatic N) is 3. The molecule has 1 aliphatic carbocycles. The van der Waals surface area contributed by atoms with E-state index in [4.69, 9.17) is 5.73 Å². The van der Waals surface area contributed by atoms with Gasteiger partial charge in [-0.1, -0.05) is 0 Å². The molecule has 0 unspecified atom stereocenters. The summed E-state index contributed by atoms with van der Waals surface area (Å²) in [6.07, 6.45) is 4.15. The number of nitrogens with one attached hydrogen (secondary N) is 1. The Morgan fingerprint density at radius 1 is 1.41 bits per heavy atom. The van der Waals surface area contributed by atoms with Gasteiger partial charge in [-0.15, -0.1) is 11.3 Å². The van der Waals surface area contributed by atoms with Gasteiger partial charge in [-0.25, -0.2) is 15.0 Å². The van der Waals surface area contributed by atoms with Gasteiger partial charge in [0.15, 0.2) is 0 Å². The average molecular weight is 247 g/mol. The molecule has 88 valence electrons. The largest absolute Gasteiger partial charge is 0.384 e. The second-order valence-electron chi connectivity index (χ2n) is 4.09. The Bertz CT molecular complexity index is 507. The monoisotopic (exact) mass is 247 g/mol.